The summed E-state index contributed by atoms with van der Waals surface area (Å²) in [6.07, 6.45) is 3.45. The summed E-state index contributed by atoms with van der Waals surface area (Å²) < 4.78 is 0. The van der Waals surface area contributed by atoms with Crippen LogP contribution in [0, 0.1) is 6.92 Å². The number of para-hydroxylation sites is 2. The van der Waals surface area contributed by atoms with Crippen LogP contribution >= 0.6 is 0 Å². The minimum Gasteiger partial charge on any atom is -0.376 e. The van der Waals surface area contributed by atoms with Crippen molar-refractivity contribution in [1.29, 1.82) is 0 Å². The molecular weight excluding hydrogens is 810 g/mol. The molecule has 0 saturated carbocycles. The fraction of sp³-hybridized carbons (Fsp3) is 0.0794. The van der Waals surface area contributed by atoms with Crippen molar-refractivity contribution in [3.05, 3.63) is 242 Å². The Morgan fingerprint density at radius 2 is 1.09 bits per heavy atom. The second kappa shape index (κ2) is 17.0. The number of unbranched alkanes of at least 4 members (excludes halogenated alkanes) is 1. The second-order valence-electron chi connectivity index (χ2n) is 18.0. The number of fused-ring (bicyclic) bond motifs is 6. The van der Waals surface area contributed by atoms with Crippen LogP contribution in [0.15, 0.2) is 231 Å². The Hall–Kier alpha value is -8.08. The summed E-state index contributed by atoms with van der Waals surface area (Å²) in [7, 11) is 0. The Morgan fingerprint density at radius 1 is 0.463 bits per heavy atom. The minimum atomic E-state index is -0.167. The van der Waals surface area contributed by atoms with Crippen molar-refractivity contribution < 1.29 is 0 Å². The van der Waals surface area contributed by atoms with Gasteiger partial charge in [-0.25, -0.2) is 0 Å². The van der Waals surface area contributed by atoms with Gasteiger partial charge < -0.3 is 14.6 Å². The topological polar surface area (TPSA) is 9.72 Å². The summed E-state index contributed by atoms with van der Waals surface area (Å²) in [6.45, 7) is 4.37. The number of nitrogens with zero attached hydrogens (tertiary/aromatic N) is 3. The molecule has 320 valence electrons. The third kappa shape index (κ3) is 7.08. The zero-order valence-corrected chi connectivity index (χ0v) is 38.0. The molecule has 0 radical (unpaired) electrons. The van der Waals surface area contributed by atoms with E-state index in [1.54, 1.807) is 0 Å². The smallest absolute Gasteiger partial charge is 0.333 e. The lowest BCUT2D eigenvalue weighted by molar-refractivity contribution is 0.795. The quantitative estimate of drug-likeness (QED) is 0.127. The molecule has 0 unspecified atom stereocenters. The molecule has 3 nitrogen and oxygen atoms in total. The van der Waals surface area contributed by atoms with Crippen molar-refractivity contribution in [2.75, 3.05) is 14.6 Å². The molecule has 0 spiro atoms. The fourth-order valence-corrected chi connectivity index (χ4v) is 10.7. The Bertz CT molecular complexity index is 3420. The zero-order valence-electron chi connectivity index (χ0n) is 38.0. The van der Waals surface area contributed by atoms with Gasteiger partial charge in [-0.3, -0.25) is 0 Å². The second-order valence-corrected chi connectivity index (χ2v) is 18.0. The average Bonchev–Trinajstić information content (AvgIpc) is 3.39. The van der Waals surface area contributed by atoms with E-state index in [1.807, 2.05) is 0 Å². The highest BCUT2D eigenvalue weighted by molar-refractivity contribution is 6.94. The Labute approximate surface area is 395 Å². The average molecular weight is 860 g/mol. The van der Waals surface area contributed by atoms with Gasteiger partial charge in [-0.2, -0.15) is 0 Å². The van der Waals surface area contributed by atoms with Crippen LogP contribution in [0.25, 0.3) is 44.2 Å². The summed E-state index contributed by atoms with van der Waals surface area (Å²) >= 11 is 0. The fourth-order valence-electron chi connectivity index (χ4n) is 10.7. The van der Waals surface area contributed by atoms with E-state index < -0.39 is 0 Å². The lowest BCUT2D eigenvalue weighted by atomic mass is 9.43. The largest absolute Gasteiger partial charge is 0.376 e. The maximum Gasteiger partial charge on any atom is 0.333 e. The molecule has 2 aliphatic heterocycles. The maximum atomic E-state index is 2.63. The predicted octanol–water partition coefficient (Wildman–Crippen LogP) is 16.0. The SMILES string of the molecule is CCCCc1ccc(N(c2ccccc2)c2ccc3c(c2)B2c4c(cc5ccccc5c4N3c3ccc(-c4ccccc4)cc3C)-c3ccccc3N2c2cccc(-c3ccccc3)c2)cc1. The molecule has 67 heavy (non-hydrogen) atoms. The van der Waals surface area contributed by atoms with Gasteiger partial charge in [-0.15, -0.1) is 0 Å². The summed E-state index contributed by atoms with van der Waals surface area (Å²) in [5.74, 6) is 0. The molecular formula is C63H50BN3. The molecule has 0 aliphatic carbocycles. The van der Waals surface area contributed by atoms with E-state index >= 15 is 0 Å². The number of aryl methyl sites for hydroxylation is 2. The summed E-state index contributed by atoms with van der Waals surface area (Å²) in [4.78, 5) is 7.65. The summed E-state index contributed by atoms with van der Waals surface area (Å²) in [5.41, 5.74) is 21.8. The number of hydrogen-bond donors (Lipinski definition) is 0. The van der Waals surface area contributed by atoms with Crippen molar-refractivity contribution in [2.45, 2.75) is 33.1 Å². The predicted molar refractivity (Wildman–Crippen MR) is 287 cm³/mol. The van der Waals surface area contributed by atoms with Crippen LogP contribution in [0.3, 0.4) is 0 Å². The summed E-state index contributed by atoms with van der Waals surface area (Å²) in [5, 5.41) is 2.46. The van der Waals surface area contributed by atoms with Crippen molar-refractivity contribution >= 4 is 74.0 Å². The highest BCUT2D eigenvalue weighted by atomic mass is 15.2. The van der Waals surface area contributed by atoms with Crippen molar-refractivity contribution in [3.63, 3.8) is 0 Å². The molecule has 10 aromatic rings. The van der Waals surface area contributed by atoms with E-state index in [1.165, 1.54) is 102 Å². The van der Waals surface area contributed by atoms with Gasteiger partial charge in [0.2, 0.25) is 0 Å². The van der Waals surface area contributed by atoms with E-state index in [-0.39, 0.29) is 6.85 Å². The molecule has 0 N–H and O–H groups in total. The molecule has 0 aromatic heterocycles. The highest BCUT2D eigenvalue weighted by Crippen LogP contribution is 2.50. The molecule has 10 aromatic carbocycles. The van der Waals surface area contributed by atoms with Gasteiger partial charge in [0.15, 0.2) is 0 Å². The molecule has 0 atom stereocenters. The van der Waals surface area contributed by atoms with Gasteiger partial charge >= 0.3 is 6.85 Å². The Balaban J connectivity index is 1.15. The first-order chi connectivity index (χ1) is 33.1. The van der Waals surface area contributed by atoms with E-state index in [4.69, 9.17) is 0 Å². The van der Waals surface area contributed by atoms with Gasteiger partial charge in [0.25, 0.3) is 0 Å². The maximum absolute atomic E-state index is 2.63. The number of rotatable bonds is 10. The van der Waals surface area contributed by atoms with Crippen LogP contribution in [-0.2, 0) is 6.42 Å². The first kappa shape index (κ1) is 40.4. The van der Waals surface area contributed by atoms with Crippen molar-refractivity contribution in [3.8, 4) is 33.4 Å². The van der Waals surface area contributed by atoms with Gasteiger partial charge in [-0.1, -0.05) is 165 Å². The van der Waals surface area contributed by atoms with Crippen LogP contribution in [0.2, 0.25) is 0 Å². The molecule has 12 rings (SSSR count). The lowest BCUT2D eigenvalue weighted by Gasteiger charge is -2.46. The Morgan fingerprint density at radius 3 is 1.84 bits per heavy atom. The first-order valence-electron chi connectivity index (χ1n) is 23.8. The molecule has 2 aliphatic rings. The van der Waals surface area contributed by atoms with Crippen LogP contribution in [0.1, 0.15) is 30.9 Å². The molecule has 2 heterocycles. The van der Waals surface area contributed by atoms with E-state index in [0.717, 1.165) is 29.2 Å². The molecule has 0 bridgehead atoms. The zero-order chi connectivity index (χ0) is 44.8. The monoisotopic (exact) mass is 859 g/mol. The lowest BCUT2D eigenvalue weighted by Crippen LogP contribution is -2.61. The van der Waals surface area contributed by atoms with E-state index in [2.05, 4.69) is 259 Å². The number of hydrogen-bond acceptors (Lipinski definition) is 3. The third-order valence-electron chi connectivity index (χ3n) is 13.9. The summed E-state index contributed by atoms with van der Waals surface area (Å²) in [6, 6.07) is 85.5. The first-order valence-corrected chi connectivity index (χ1v) is 23.8. The molecule has 0 amide bonds. The van der Waals surface area contributed by atoms with Crippen LogP contribution in [-0.4, -0.2) is 6.85 Å². The van der Waals surface area contributed by atoms with Crippen LogP contribution in [0.4, 0.5) is 45.5 Å². The standard InChI is InChI=1S/C63H50BN3/c1-3-4-19-45-32-35-52(36-33-45)65(51-26-12-7-13-27-51)53-37-39-61-58(43-53)64-62-57(56-30-16-17-31-60(56)67(64)54-28-18-25-48(41-54)46-20-8-5-9-21-46)42-50-24-14-15-29-55(50)63(62)66(61)59-38-34-49(40-44(59)2)47-22-10-6-11-23-47/h5-18,20-43H,3-4,19H2,1-2H3. The molecule has 0 fully saturated rings. The number of benzene rings is 10. The van der Waals surface area contributed by atoms with Crippen molar-refractivity contribution in [1.82, 2.24) is 0 Å². The highest BCUT2D eigenvalue weighted by Gasteiger charge is 2.46. The Kier molecular flexibility index (Phi) is 10.3. The van der Waals surface area contributed by atoms with Crippen LogP contribution in [0.5, 0.6) is 0 Å². The normalized spacial score (nSPS) is 12.4. The molecule has 4 heteroatoms. The van der Waals surface area contributed by atoms with Gasteiger partial charge in [-0.05, 0) is 154 Å². The third-order valence-corrected chi connectivity index (χ3v) is 13.9. The van der Waals surface area contributed by atoms with Crippen LogP contribution < -0.4 is 25.5 Å². The minimum absolute atomic E-state index is 0.167. The van der Waals surface area contributed by atoms with Gasteiger partial charge in [0.1, 0.15) is 0 Å². The van der Waals surface area contributed by atoms with Crippen molar-refractivity contribution in [2.24, 2.45) is 0 Å². The molecule has 0 saturated heterocycles. The van der Waals surface area contributed by atoms with E-state index in [9.17, 15) is 0 Å². The van der Waals surface area contributed by atoms with Gasteiger partial charge in [0, 0.05) is 50.8 Å². The van der Waals surface area contributed by atoms with E-state index in [0.29, 0.717) is 0 Å². The van der Waals surface area contributed by atoms with Gasteiger partial charge in [0.05, 0.1) is 5.69 Å². The number of anilines is 8.